The Balaban J connectivity index is 1.54. The van der Waals surface area contributed by atoms with Crippen LogP contribution in [0.3, 0.4) is 0 Å². The fourth-order valence-electron chi connectivity index (χ4n) is 3.97. The minimum absolute atomic E-state index is 0.199. The first-order valence-corrected chi connectivity index (χ1v) is 9.37. The predicted molar refractivity (Wildman–Crippen MR) is 99.9 cm³/mol. The smallest absolute Gasteiger partial charge is 0.235 e. The number of nitrogens with zero attached hydrogens (tertiary/aromatic N) is 2. The first-order valence-electron chi connectivity index (χ1n) is 9.37. The van der Waals surface area contributed by atoms with Gasteiger partial charge in [-0.25, -0.2) is 0 Å². The molecular formula is C19H25N5O2. The standard InChI is InChI=1S/C19H25N5O2/c1-24-16-9-13(21-11-12-3-2-8-20-10-12)4-5-14(16)18(23-24)15-6-7-17(25)22-19(15)26/h4-5,9,12,15,20-21H,2-3,6-8,10-11H2,1H3,(H,22,25,26)/t12-,15?/m1/s1. The van der Waals surface area contributed by atoms with Gasteiger partial charge in [-0.3, -0.25) is 19.6 Å². The molecule has 0 radical (unpaired) electrons. The lowest BCUT2D eigenvalue weighted by molar-refractivity contribution is -0.134. The molecule has 2 amide bonds. The molecular weight excluding hydrogens is 330 g/mol. The molecule has 4 rings (SSSR count). The third-order valence-corrected chi connectivity index (χ3v) is 5.44. The minimum Gasteiger partial charge on any atom is -0.385 e. The van der Waals surface area contributed by atoms with Crippen LogP contribution in [0.25, 0.3) is 10.9 Å². The molecule has 2 fully saturated rings. The van der Waals surface area contributed by atoms with E-state index in [1.54, 1.807) is 0 Å². The summed E-state index contributed by atoms with van der Waals surface area (Å²) in [6, 6.07) is 6.17. The molecule has 26 heavy (non-hydrogen) atoms. The number of benzene rings is 1. The number of hydrogen-bond donors (Lipinski definition) is 3. The quantitative estimate of drug-likeness (QED) is 0.724. The van der Waals surface area contributed by atoms with Gasteiger partial charge >= 0.3 is 0 Å². The van der Waals surface area contributed by atoms with Gasteiger partial charge in [0.05, 0.1) is 17.1 Å². The fourth-order valence-corrected chi connectivity index (χ4v) is 3.97. The summed E-state index contributed by atoms with van der Waals surface area (Å²) >= 11 is 0. The first kappa shape index (κ1) is 17.0. The topological polar surface area (TPSA) is 88.0 Å². The molecule has 7 heteroatoms. The van der Waals surface area contributed by atoms with Gasteiger partial charge in [0.2, 0.25) is 11.8 Å². The first-order chi connectivity index (χ1) is 12.6. The monoisotopic (exact) mass is 355 g/mol. The van der Waals surface area contributed by atoms with Crippen molar-refractivity contribution in [1.29, 1.82) is 0 Å². The predicted octanol–water partition coefficient (Wildman–Crippen LogP) is 1.50. The van der Waals surface area contributed by atoms with E-state index in [1.807, 2.05) is 17.8 Å². The maximum atomic E-state index is 12.2. The number of carbonyl (C=O) groups excluding carboxylic acids is 2. The number of amides is 2. The minimum atomic E-state index is -0.358. The number of carbonyl (C=O) groups is 2. The summed E-state index contributed by atoms with van der Waals surface area (Å²) in [6.45, 7) is 3.15. The van der Waals surface area contributed by atoms with Gasteiger partial charge in [0.15, 0.2) is 0 Å². The van der Waals surface area contributed by atoms with Crippen LogP contribution in [0.15, 0.2) is 18.2 Å². The van der Waals surface area contributed by atoms with E-state index < -0.39 is 0 Å². The van der Waals surface area contributed by atoms with Gasteiger partial charge in [-0.2, -0.15) is 5.10 Å². The van der Waals surface area contributed by atoms with Crippen molar-refractivity contribution in [2.24, 2.45) is 13.0 Å². The van der Waals surface area contributed by atoms with E-state index in [0.717, 1.165) is 41.9 Å². The second-order valence-corrected chi connectivity index (χ2v) is 7.34. The summed E-state index contributed by atoms with van der Waals surface area (Å²) in [5, 5.41) is 15.0. The Morgan fingerprint density at radius 3 is 2.96 bits per heavy atom. The molecule has 1 aromatic heterocycles. The van der Waals surface area contributed by atoms with Crippen LogP contribution in [-0.2, 0) is 16.6 Å². The Kier molecular flexibility index (Phi) is 4.63. The number of aryl methyl sites for hydroxylation is 1. The summed E-state index contributed by atoms with van der Waals surface area (Å²) < 4.78 is 1.82. The molecule has 2 aliphatic rings. The lowest BCUT2D eigenvalue weighted by Crippen LogP contribution is -2.39. The van der Waals surface area contributed by atoms with Gasteiger partial charge in [0.25, 0.3) is 0 Å². The van der Waals surface area contributed by atoms with Gasteiger partial charge in [-0.05, 0) is 56.5 Å². The Labute approximate surface area is 152 Å². The number of hydrogen-bond acceptors (Lipinski definition) is 5. The van der Waals surface area contributed by atoms with E-state index in [-0.39, 0.29) is 17.7 Å². The zero-order chi connectivity index (χ0) is 18.1. The van der Waals surface area contributed by atoms with Crippen molar-refractivity contribution in [3.05, 3.63) is 23.9 Å². The Hall–Kier alpha value is -2.41. The highest BCUT2D eigenvalue weighted by Crippen LogP contribution is 2.31. The number of rotatable bonds is 4. The molecule has 2 saturated heterocycles. The molecule has 2 atom stereocenters. The van der Waals surface area contributed by atoms with Crippen LogP contribution in [0.4, 0.5) is 5.69 Å². The van der Waals surface area contributed by atoms with E-state index in [2.05, 4.69) is 33.2 Å². The maximum absolute atomic E-state index is 12.2. The number of anilines is 1. The van der Waals surface area contributed by atoms with Gasteiger partial charge in [-0.1, -0.05) is 0 Å². The van der Waals surface area contributed by atoms with E-state index in [4.69, 9.17) is 0 Å². The van der Waals surface area contributed by atoms with Gasteiger partial charge in [0, 0.05) is 31.1 Å². The summed E-state index contributed by atoms with van der Waals surface area (Å²) in [5.41, 5.74) is 2.83. The summed E-state index contributed by atoms with van der Waals surface area (Å²) in [7, 11) is 1.90. The third kappa shape index (κ3) is 3.31. The average Bonchev–Trinajstić information content (AvgIpc) is 2.97. The normalized spacial score (nSPS) is 23.9. The average molecular weight is 355 g/mol. The summed E-state index contributed by atoms with van der Waals surface area (Å²) in [4.78, 5) is 23.6. The zero-order valence-corrected chi connectivity index (χ0v) is 15.0. The molecule has 0 saturated carbocycles. The molecule has 2 aromatic rings. The van der Waals surface area contributed by atoms with E-state index in [9.17, 15) is 9.59 Å². The highest BCUT2D eigenvalue weighted by molar-refractivity contribution is 6.02. The number of nitrogens with one attached hydrogen (secondary N) is 3. The van der Waals surface area contributed by atoms with Gasteiger partial charge in [0.1, 0.15) is 0 Å². The van der Waals surface area contributed by atoms with Crippen LogP contribution >= 0.6 is 0 Å². The van der Waals surface area contributed by atoms with Crippen LogP contribution in [0.1, 0.15) is 37.3 Å². The van der Waals surface area contributed by atoms with Crippen molar-refractivity contribution in [1.82, 2.24) is 20.4 Å². The van der Waals surface area contributed by atoms with E-state index >= 15 is 0 Å². The van der Waals surface area contributed by atoms with Crippen LogP contribution in [-0.4, -0.2) is 41.2 Å². The molecule has 138 valence electrons. The van der Waals surface area contributed by atoms with Crippen LogP contribution in [0.2, 0.25) is 0 Å². The van der Waals surface area contributed by atoms with Crippen LogP contribution < -0.4 is 16.0 Å². The number of fused-ring (bicyclic) bond motifs is 1. The summed E-state index contributed by atoms with van der Waals surface area (Å²) in [6.07, 6.45) is 3.38. The van der Waals surface area contributed by atoms with Crippen molar-refractivity contribution < 1.29 is 9.59 Å². The number of imide groups is 1. The summed E-state index contributed by atoms with van der Waals surface area (Å²) in [5.74, 6) is -0.142. The molecule has 0 spiro atoms. The lowest BCUT2D eigenvalue weighted by Gasteiger charge is -2.23. The van der Waals surface area contributed by atoms with Crippen molar-refractivity contribution in [3.8, 4) is 0 Å². The third-order valence-electron chi connectivity index (χ3n) is 5.44. The molecule has 0 aliphatic carbocycles. The molecule has 1 unspecified atom stereocenters. The lowest BCUT2D eigenvalue weighted by atomic mass is 9.93. The largest absolute Gasteiger partial charge is 0.385 e. The fraction of sp³-hybridized carbons (Fsp3) is 0.526. The molecule has 0 bridgehead atoms. The maximum Gasteiger partial charge on any atom is 0.235 e. The zero-order valence-electron chi connectivity index (χ0n) is 15.0. The van der Waals surface area contributed by atoms with Gasteiger partial charge in [-0.15, -0.1) is 0 Å². The number of piperidine rings is 2. The molecule has 1 aromatic carbocycles. The number of aromatic nitrogens is 2. The Morgan fingerprint density at radius 2 is 2.19 bits per heavy atom. The molecule has 3 N–H and O–H groups in total. The van der Waals surface area contributed by atoms with Crippen molar-refractivity contribution in [2.45, 2.75) is 31.6 Å². The second-order valence-electron chi connectivity index (χ2n) is 7.34. The molecule has 2 aliphatic heterocycles. The molecule has 3 heterocycles. The van der Waals surface area contributed by atoms with Gasteiger partial charge < -0.3 is 10.6 Å². The SMILES string of the molecule is Cn1nc(C2CCC(=O)NC2=O)c2ccc(NC[C@@H]3CCCNC3)cc21. The van der Waals surface area contributed by atoms with Crippen molar-refractivity contribution in [3.63, 3.8) is 0 Å². The van der Waals surface area contributed by atoms with Crippen LogP contribution in [0.5, 0.6) is 0 Å². The van der Waals surface area contributed by atoms with Crippen LogP contribution in [0, 0.1) is 5.92 Å². The Bertz CT molecular complexity index is 838. The molecule has 7 nitrogen and oxygen atoms in total. The van der Waals surface area contributed by atoms with Crippen molar-refractivity contribution >= 4 is 28.4 Å². The van der Waals surface area contributed by atoms with E-state index in [0.29, 0.717) is 18.8 Å². The Morgan fingerprint density at radius 1 is 1.31 bits per heavy atom. The van der Waals surface area contributed by atoms with E-state index in [1.165, 1.54) is 12.8 Å². The second kappa shape index (κ2) is 7.07. The highest BCUT2D eigenvalue weighted by atomic mass is 16.2. The van der Waals surface area contributed by atoms with Crippen molar-refractivity contribution in [2.75, 3.05) is 25.0 Å². The highest BCUT2D eigenvalue weighted by Gasteiger charge is 2.31.